The number of nitrogens with one attached hydrogen (secondary N) is 3. The summed E-state index contributed by atoms with van der Waals surface area (Å²) in [5.74, 6) is -0.475. The SMILES string of the molecule is COc1cccc(NC(=O)CNc2ccc(NC(C)=O)cc2C(F)(F)F)c1. The van der Waals surface area contributed by atoms with Gasteiger partial charge in [0.15, 0.2) is 0 Å². The number of anilines is 3. The zero-order chi connectivity index (χ0) is 20.0. The molecule has 0 unspecified atom stereocenters. The van der Waals surface area contributed by atoms with Gasteiger partial charge in [0.05, 0.1) is 19.2 Å². The van der Waals surface area contributed by atoms with Gasteiger partial charge in [0.2, 0.25) is 11.8 Å². The van der Waals surface area contributed by atoms with Gasteiger partial charge in [0.1, 0.15) is 5.75 Å². The summed E-state index contributed by atoms with van der Waals surface area (Å²) in [6, 6.07) is 9.87. The minimum absolute atomic E-state index is 0.0150. The molecule has 144 valence electrons. The molecule has 0 bridgehead atoms. The summed E-state index contributed by atoms with van der Waals surface area (Å²) in [6.45, 7) is 0.822. The van der Waals surface area contributed by atoms with Crippen LogP contribution < -0.4 is 20.7 Å². The van der Waals surface area contributed by atoms with Gasteiger partial charge < -0.3 is 20.7 Å². The van der Waals surface area contributed by atoms with Gasteiger partial charge in [0.25, 0.3) is 0 Å². The lowest BCUT2D eigenvalue weighted by molar-refractivity contribution is -0.137. The number of benzene rings is 2. The van der Waals surface area contributed by atoms with Crippen LogP contribution in [-0.2, 0) is 15.8 Å². The van der Waals surface area contributed by atoms with Gasteiger partial charge in [-0.1, -0.05) is 6.07 Å². The van der Waals surface area contributed by atoms with Crippen LogP contribution in [0.5, 0.6) is 5.75 Å². The molecule has 0 aromatic heterocycles. The molecule has 2 amide bonds. The van der Waals surface area contributed by atoms with E-state index in [1.807, 2.05) is 0 Å². The van der Waals surface area contributed by atoms with Crippen LogP contribution in [0.25, 0.3) is 0 Å². The summed E-state index contributed by atoms with van der Waals surface area (Å²) in [5.41, 5.74) is -0.778. The van der Waals surface area contributed by atoms with Crippen molar-refractivity contribution in [3.05, 3.63) is 48.0 Å². The molecule has 0 saturated carbocycles. The van der Waals surface area contributed by atoms with Gasteiger partial charge in [-0.15, -0.1) is 0 Å². The number of carbonyl (C=O) groups is 2. The Balaban J connectivity index is 2.09. The predicted octanol–water partition coefficient (Wildman–Crippen LogP) is 3.72. The Morgan fingerprint density at radius 2 is 1.74 bits per heavy atom. The summed E-state index contributed by atoms with van der Waals surface area (Å²) >= 11 is 0. The fraction of sp³-hybridized carbons (Fsp3) is 0.222. The largest absolute Gasteiger partial charge is 0.497 e. The molecule has 6 nitrogen and oxygen atoms in total. The zero-order valence-corrected chi connectivity index (χ0v) is 14.6. The highest BCUT2D eigenvalue weighted by molar-refractivity contribution is 5.94. The number of halogens is 3. The molecule has 0 aliphatic heterocycles. The summed E-state index contributed by atoms with van der Waals surface area (Å²) in [4.78, 5) is 23.0. The first-order valence-corrected chi connectivity index (χ1v) is 7.85. The number of amides is 2. The number of rotatable bonds is 6. The smallest absolute Gasteiger partial charge is 0.418 e. The summed E-state index contributed by atoms with van der Waals surface area (Å²) in [5, 5.41) is 7.33. The zero-order valence-electron chi connectivity index (χ0n) is 14.6. The van der Waals surface area contributed by atoms with E-state index in [-0.39, 0.29) is 17.9 Å². The minimum Gasteiger partial charge on any atom is -0.497 e. The fourth-order valence-corrected chi connectivity index (χ4v) is 2.30. The van der Waals surface area contributed by atoms with Crippen molar-refractivity contribution in [3.63, 3.8) is 0 Å². The summed E-state index contributed by atoms with van der Waals surface area (Å²) in [7, 11) is 1.48. The number of methoxy groups -OCH3 is 1. The first kappa shape index (κ1) is 20.1. The Labute approximate surface area is 153 Å². The Bertz CT molecular complexity index is 838. The first-order valence-electron chi connectivity index (χ1n) is 7.85. The Hall–Kier alpha value is -3.23. The lowest BCUT2D eigenvalue weighted by Crippen LogP contribution is -2.23. The van der Waals surface area contributed by atoms with E-state index in [4.69, 9.17) is 4.74 Å². The van der Waals surface area contributed by atoms with Crippen LogP contribution in [0.3, 0.4) is 0 Å². The summed E-state index contributed by atoms with van der Waals surface area (Å²) < 4.78 is 44.8. The number of alkyl halides is 3. The number of carbonyl (C=O) groups excluding carboxylic acids is 2. The molecule has 0 spiro atoms. The van der Waals surface area contributed by atoms with Gasteiger partial charge in [-0.05, 0) is 30.3 Å². The number of hydrogen-bond acceptors (Lipinski definition) is 4. The quantitative estimate of drug-likeness (QED) is 0.713. The lowest BCUT2D eigenvalue weighted by Gasteiger charge is -2.16. The van der Waals surface area contributed by atoms with E-state index in [2.05, 4.69) is 16.0 Å². The molecule has 2 aromatic rings. The van der Waals surface area contributed by atoms with E-state index in [9.17, 15) is 22.8 Å². The van der Waals surface area contributed by atoms with Crippen molar-refractivity contribution in [2.24, 2.45) is 0 Å². The molecule has 2 aromatic carbocycles. The van der Waals surface area contributed by atoms with Gasteiger partial charge in [-0.2, -0.15) is 13.2 Å². The van der Waals surface area contributed by atoms with Crippen LogP contribution in [-0.4, -0.2) is 25.5 Å². The van der Waals surface area contributed by atoms with Crippen molar-refractivity contribution in [1.29, 1.82) is 0 Å². The maximum absolute atomic E-state index is 13.3. The van der Waals surface area contributed by atoms with Crippen LogP contribution in [0, 0.1) is 0 Å². The minimum atomic E-state index is -4.65. The van der Waals surface area contributed by atoms with Gasteiger partial charge in [-0.3, -0.25) is 9.59 Å². The van der Waals surface area contributed by atoms with Crippen molar-refractivity contribution in [2.45, 2.75) is 13.1 Å². The van der Waals surface area contributed by atoms with Crippen LogP contribution in [0.1, 0.15) is 12.5 Å². The monoisotopic (exact) mass is 381 g/mol. The first-order chi connectivity index (χ1) is 12.7. The van der Waals surface area contributed by atoms with Crippen molar-refractivity contribution in [3.8, 4) is 5.75 Å². The molecular weight excluding hydrogens is 363 g/mol. The molecular formula is C18H18F3N3O3. The standard InChI is InChI=1S/C18H18F3N3O3/c1-11(25)23-13-6-7-16(15(9-13)18(19,20)21)22-10-17(26)24-12-4-3-5-14(8-12)27-2/h3-9,22H,10H2,1-2H3,(H,23,25)(H,24,26). The average molecular weight is 381 g/mol. The molecule has 0 heterocycles. The Morgan fingerprint density at radius 3 is 2.37 bits per heavy atom. The molecule has 3 N–H and O–H groups in total. The third-order valence-corrected chi connectivity index (χ3v) is 3.44. The Morgan fingerprint density at radius 1 is 1.04 bits per heavy atom. The Kier molecular flexibility index (Phi) is 6.27. The van der Waals surface area contributed by atoms with E-state index in [0.29, 0.717) is 11.4 Å². The molecule has 0 radical (unpaired) electrons. The van der Waals surface area contributed by atoms with Crippen molar-refractivity contribution in [1.82, 2.24) is 0 Å². The van der Waals surface area contributed by atoms with Gasteiger partial charge in [0, 0.05) is 30.1 Å². The highest BCUT2D eigenvalue weighted by atomic mass is 19.4. The van der Waals surface area contributed by atoms with E-state index in [1.54, 1.807) is 24.3 Å². The van der Waals surface area contributed by atoms with E-state index >= 15 is 0 Å². The second kappa shape index (κ2) is 8.43. The van der Waals surface area contributed by atoms with Crippen LogP contribution in [0.2, 0.25) is 0 Å². The van der Waals surface area contributed by atoms with E-state index in [1.165, 1.54) is 20.1 Å². The molecule has 0 atom stereocenters. The van der Waals surface area contributed by atoms with Crippen LogP contribution >= 0.6 is 0 Å². The average Bonchev–Trinajstić information content (AvgIpc) is 2.59. The van der Waals surface area contributed by atoms with E-state index in [0.717, 1.165) is 12.1 Å². The molecule has 0 aliphatic rings. The van der Waals surface area contributed by atoms with Crippen LogP contribution in [0.15, 0.2) is 42.5 Å². The molecule has 9 heteroatoms. The fourth-order valence-electron chi connectivity index (χ4n) is 2.30. The van der Waals surface area contributed by atoms with Crippen LogP contribution in [0.4, 0.5) is 30.2 Å². The molecule has 0 aliphatic carbocycles. The highest BCUT2D eigenvalue weighted by Crippen LogP contribution is 2.36. The van der Waals surface area contributed by atoms with Crippen molar-refractivity contribution >= 4 is 28.9 Å². The maximum Gasteiger partial charge on any atom is 0.418 e. The molecule has 0 fully saturated rings. The maximum atomic E-state index is 13.3. The van der Waals surface area contributed by atoms with Gasteiger partial charge >= 0.3 is 6.18 Å². The lowest BCUT2D eigenvalue weighted by atomic mass is 10.1. The molecule has 0 saturated heterocycles. The second-order valence-electron chi connectivity index (χ2n) is 5.57. The third kappa shape index (κ3) is 5.91. The topological polar surface area (TPSA) is 79.5 Å². The predicted molar refractivity (Wildman–Crippen MR) is 95.9 cm³/mol. The normalized spacial score (nSPS) is 10.9. The van der Waals surface area contributed by atoms with E-state index < -0.39 is 23.6 Å². The van der Waals surface area contributed by atoms with Crippen molar-refractivity contribution < 1.29 is 27.5 Å². The summed E-state index contributed by atoms with van der Waals surface area (Å²) in [6.07, 6.45) is -4.65. The van der Waals surface area contributed by atoms with Crippen molar-refractivity contribution in [2.75, 3.05) is 29.6 Å². The van der Waals surface area contributed by atoms with Gasteiger partial charge in [-0.25, -0.2) is 0 Å². The molecule has 27 heavy (non-hydrogen) atoms. The highest BCUT2D eigenvalue weighted by Gasteiger charge is 2.34. The molecule has 2 rings (SSSR count). The second-order valence-corrected chi connectivity index (χ2v) is 5.57. The third-order valence-electron chi connectivity index (χ3n) is 3.44. The number of ether oxygens (including phenoxy) is 1. The number of hydrogen-bond donors (Lipinski definition) is 3.